The number of nitrogens with zero attached hydrogens (tertiary/aromatic N) is 1. The van der Waals surface area contributed by atoms with Gasteiger partial charge in [0.1, 0.15) is 11.5 Å². The van der Waals surface area contributed by atoms with E-state index in [4.69, 9.17) is 21.5 Å². The van der Waals surface area contributed by atoms with Crippen LogP contribution in [-0.2, 0) is 5.41 Å². The zero-order valence-corrected chi connectivity index (χ0v) is 13.4. The fraction of sp³-hybridized carbons (Fsp3) is 0.333. The van der Waals surface area contributed by atoms with Crippen LogP contribution in [0.5, 0.6) is 5.75 Å². The zero-order chi connectivity index (χ0) is 15.5. The molecule has 0 bridgehead atoms. The minimum atomic E-state index is -0.0926. The van der Waals surface area contributed by atoms with Gasteiger partial charge in [-0.05, 0) is 24.4 Å². The van der Waals surface area contributed by atoms with Gasteiger partial charge in [0, 0.05) is 11.5 Å². The predicted octanol–water partition coefficient (Wildman–Crippen LogP) is 3.79. The Hall–Kier alpha value is -2.08. The van der Waals surface area contributed by atoms with Crippen LogP contribution < -0.4 is 15.4 Å². The van der Waals surface area contributed by atoms with Crippen molar-refractivity contribution in [3.63, 3.8) is 0 Å². The van der Waals surface area contributed by atoms with Crippen molar-refractivity contribution in [1.29, 1.82) is 0 Å². The fourth-order valence-electron chi connectivity index (χ4n) is 1.71. The largest absolute Gasteiger partial charge is 0.495 e. The van der Waals surface area contributed by atoms with E-state index in [0.29, 0.717) is 10.9 Å². The first-order valence-corrected chi connectivity index (χ1v) is 6.99. The van der Waals surface area contributed by atoms with E-state index in [0.717, 1.165) is 17.2 Å². The number of thiocarbonyl (C=S) groups is 1. The first kappa shape index (κ1) is 15.3. The van der Waals surface area contributed by atoms with Gasteiger partial charge in [0.05, 0.1) is 12.8 Å². The molecule has 0 saturated carbocycles. The molecule has 112 valence electrons. The number of benzene rings is 1. The number of aromatic nitrogens is 1. The Balaban J connectivity index is 2.03. The third-order valence-corrected chi connectivity index (χ3v) is 3.05. The molecule has 0 aliphatic heterocycles. The van der Waals surface area contributed by atoms with E-state index in [9.17, 15) is 0 Å². The summed E-state index contributed by atoms with van der Waals surface area (Å²) in [4.78, 5) is 0. The Morgan fingerprint density at radius 3 is 2.57 bits per heavy atom. The molecule has 2 aromatic rings. The summed E-state index contributed by atoms with van der Waals surface area (Å²) in [5, 5.41) is 10.5. The molecule has 21 heavy (non-hydrogen) atoms. The van der Waals surface area contributed by atoms with Crippen molar-refractivity contribution in [3.05, 3.63) is 36.1 Å². The fourth-order valence-corrected chi connectivity index (χ4v) is 1.92. The second-order valence-corrected chi connectivity index (χ2v) is 6.01. The van der Waals surface area contributed by atoms with Crippen LogP contribution in [0.15, 0.2) is 34.9 Å². The number of para-hydroxylation sites is 2. The van der Waals surface area contributed by atoms with Gasteiger partial charge in [-0.25, -0.2) is 0 Å². The van der Waals surface area contributed by atoms with E-state index in [1.165, 1.54) is 0 Å². The lowest BCUT2D eigenvalue weighted by atomic mass is 9.93. The average Bonchev–Trinajstić information content (AvgIpc) is 2.87. The van der Waals surface area contributed by atoms with E-state index in [1.807, 2.05) is 30.3 Å². The molecule has 0 aliphatic rings. The average molecular weight is 305 g/mol. The Labute approximate surface area is 129 Å². The van der Waals surface area contributed by atoms with Gasteiger partial charge in [-0.2, -0.15) is 0 Å². The molecule has 0 saturated heterocycles. The number of methoxy groups -OCH3 is 1. The molecule has 2 rings (SSSR count). The summed E-state index contributed by atoms with van der Waals surface area (Å²) >= 11 is 5.27. The molecule has 0 aliphatic carbocycles. The summed E-state index contributed by atoms with van der Waals surface area (Å²) < 4.78 is 10.6. The van der Waals surface area contributed by atoms with Crippen LogP contribution in [0.1, 0.15) is 26.5 Å². The zero-order valence-electron chi connectivity index (χ0n) is 12.6. The van der Waals surface area contributed by atoms with Crippen LogP contribution in [0.3, 0.4) is 0 Å². The van der Waals surface area contributed by atoms with Gasteiger partial charge in [0.25, 0.3) is 0 Å². The minimum absolute atomic E-state index is 0.0926. The third kappa shape index (κ3) is 3.95. The molecule has 5 nitrogen and oxygen atoms in total. The van der Waals surface area contributed by atoms with Crippen LogP contribution >= 0.6 is 12.2 Å². The highest BCUT2D eigenvalue weighted by atomic mass is 32.1. The molecule has 2 N–H and O–H groups in total. The maximum absolute atomic E-state index is 5.30. The molecule has 1 aromatic carbocycles. The molecule has 0 unspecified atom stereocenters. The van der Waals surface area contributed by atoms with Gasteiger partial charge in [0.2, 0.25) is 0 Å². The quantitative estimate of drug-likeness (QED) is 0.841. The first-order valence-electron chi connectivity index (χ1n) is 6.58. The highest BCUT2D eigenvalue weighted by molar-refractivity contribution is 7.80. The van der Waals surface area contributed by atoms with Crippen LogP contribution in [0.4, 0.5) is 11.5 Å². The summed E-state index contributed by atoms with van der Waals surface area (Å²) in [6, 6.07) is 9.39. The highest BCUT2D eigenvalue weighted by Crippen LogP contribution is 2.25. The van der Waals surface area contributed by atoms with Gasteiger partial charge < -0.3 is 19.9 Å². The number of hydrogen-bond acceptors (Lipinski definition) is 4. The van der Waals surface area contributed by atoms with E-state index >= 15 is 0 Å². The Morgan fingerprint density at radius 1 is 1.24 bits per heavy atom. The number of ether oxygens (including phenoxy) is 1. The summed E-state index contributed by atoms with van der Waals surface area (Å²) in [6.45, 7) is 6.17. The number of hydrogen-bond donors (Lipinski definition) is 2. The van der Waals surface area contributed by atoms with Crippen molar-refractivity contribution in [2.45, 2.75) is 26.2 Å². The monoisotopic (exact) mass is 305 g/mol. The van der Waals surface area contributed by atoms with Crippen molar-refractivity contribution in [3.8, 4) is 5.75 Å². The van der Waals surface area contributed by atoms with E-state index < -0.39 is 0 Å². The van der Waals surface area contributed by atoms with Crippen molar-refractivity contribution >= 4 is 28.8 Å². The molecule has 6 heteroatoms. The van der Waals surface area contributed by atoms with E-state index in [-0.39, 0.29) is 5.41 Å². The maximum atomic E-state index is 5.30. The molecule has 0 radical (unpaired) electrons. The van der Waals surface area contributed by atoms with Crippen molar-refractivity contribution < 1.29 is 9.26 Å². The van der Waals surface area contributed by atoms with Crippen LogP contribution in [0.2, 0.25) is 0 Å². The minimum Gasteiger partial charge on any atom is -0.495 e. The number of rotatable bonds is 3. The molecule has 0 spiro atoms. The second-order valence-electron chi connectivity index (χ2n) is 5.61. The lowest BCUT2D eigenvalue weighted by molar-refractivity contribution is 0.331. The van der Waals surface area contributed by atoms with E-state index in [1.54, 1.807) is 7.11 Å². The van der Waals surface area contributed by atoms with Crippen molar-refractivity contribution in [1.82, 2.24) is 5.16 Å². The molecular formula is C15H19N3O2S. The van der Waals surface area contributed by atoms with Crippen LogP contribution in [0.25, 0.3) is 0 Å². The molecule has 0 atom stereocenters. The lowest BCUT2D eigenvalue weighted by Crippen LogP contribution is -2.19. The summed E-state index contributed by atoms with van der Waals surface area (Å²) in [5.41, 5.74) is 0.696. The molecule has 1 aromatic heterocycles. The van der Waals surface area contributed by atoms with Crippen molar-refractivity contribution in [2.24, 2.45) is 0 Å². The smallest absolute Gasteiger partial charge is 0.176 e. The standard InChI is InChI=1S/C15H19N3O2S/c1-15(2,3)12-9-13(18-20-12)17-14(21)16-10-7-5-6-8-11(10)19-4/h5-9H,1-4H3,(H2,16,17,18,21). The predicted molar refractivity (Wildman–Crippen MR) is 88.0 cm³/mol. The van der Waals surface area contributed by atoms with Gasteiger partial charge in [-0.1, -0.05) is 38.1 Å². The van der Waals surface area contributed by atoms with Gasteiger partial charge in [-0.15, -0.1) is 0 Å². The first-order chi connectivity index (χ1) is 9.90. The highest BCUT2D eigenvalue weighted by Gasteiger charge is 2.20. The Bertz CT molecular complexity index is 632. The second kappa shape index (κ2) is 6.13. The summed E-state index contributed by atoms with van der Waals surface area (Å²) in [5.74, 6) is 2.09. The van der Waals surface area contributed by atoms with Crippen LogP contribution in [0, 0.1) is 0 Å². The SMILES string of the molecule is COc1ccccc1NC(=S)Nc1cc(C(C)(C)C)on1. The van der Waals surface area contributed by atoms with Crippen molar-refractivity contribution in [2.75, 3.05) is 17.7 Å². The summed E-state index contributed by atoms with van der Waals surface area (Å²) in [6.07, 6.45) is 0. The lowest BCUT2D eigenvalue weighted by Gasteiger charge is -2.12. The third-order valence-electron chi connectivity index (χ3n) is 2.85. The molecule has 1 heterocycles. The van der Waals surface area contributed by atoms with E-state index in [2.05, 4.69) is 36.6 Å². The van der Waals surface area contributed by atoms with Gasteiger partial charge in [-0.3, -0.25) is 0 Å². The number of nitrogens with one attached hydrogen (secondary N) is 2. The topological polar surface area (TPSA) is 59.3 Å². The van der Waals surface area contributed by atoms with Gasteiger partial charge in [0.15, 0.2) is 10.9 Å². The molecule has 0 amide bonds. The summed E-state index contributed by atoms with van der Waals surface area (Å²) in [7, 11) is 1.62. The molecule has 0 fully saturated rings. The maximum Gasteiger partial charge on any atom is 0.176 e. The number of anilines is 2. The molecular weight excluding hydrogens is 286 g/mol. The van der Waals surface area contributed by atoms with Crippen LogP contribution in [-0.4, -0.2) is 17.4 Å². The van der Waals surface area contributed by atoms with Gasteiger partial charge >= 0.3 is 0 Å². The Morgan fingerprint density at radius 2 is 1.95 bits per heavy atom. The Kier molecular flexibility index (Phi) is 4.47. The normalized spacial score (nSPS) is 11.0.